The van der Waals surface area contributed by atoms with E-state index in [0.29, 0.717) is 22.9 Å². The predicted molar refractivity (Wildman–Crippen MR) is 60.7 cm³/mol. The minimum absolute atomic E-state index is 0.0382. The summed E-state index contributed by atoms with van der Waals surface area (Å²) in [5.41, 5.74) is -0.240. The van der Waals surface area contributed by atoms with Crippen molar-refractivity contribution in [1.82, 2.24) is 0 Å². The van der Waals surface area contributed by atoms with Gasteiger partial charge in [0.05, 0.1) is 5.56 Å². The van der Waals surface area contributed by atoms with Crippen molar-refractivity contribution in [1.29, 1.82) is 0 Å². The molecular formula is C12H10BrF3O. The van der Waals surface area contributed by atoms with Crippen molar-refractivity contribution in [2.45, 2.75) is 31.4 Å². The highest BCUT2D eigenvalue weighted by atomic mass is 79.9. The maximum atomic E-state index is 12.6. The molecule has 5 heteroatoms. The van der Waals surface area contributed by atoms with Crippen LogP contribution in [0.2, 0.25) is 0 Å². The van der Waals surface area contributed by atoms with E-state index in [1.807, 2.05) is 0 Å². The van der Waals surface area contributed by atoms with Gasteiger partial charge in [-0.1, -0.05) is 15.9 Å². The summed E-state index contributed by atoms with van der Waals surface area (Å²) in [6.45, 7) is 0. The van der Waals surface area contributed by atoms with Gasteiger partial charge < -0.3 is 0 Å². The lowest BCUT2D eigenvalue weighted by molar-refractivity contribution is -0.137. The number of rotatable bonds is 1. The van der Waals surface area contributed by atoms with Gasteiger partial charge in [0.25, 0.3) is 0 Å². The van der Waals surface area contributed by atoms with Gasteiger partial charge in [0.1, 0.15) is 5.78 Å². The Morgan fingerprint density at radius 1 is 1.24 bits per heavy atom. The summed E-state index contributed by atoms with van der Waals surface area (Å²) < 4.78 is 38.2. The van der Waals surface area contributed by atoms with Crippen LogP contribution in [0, 0.1) is 0 Å². The van der Waals surface area contributed by atoms with E-state index in [0.717, 1.165) is 18.6 Å². The fourth-order valence-electron chi connectivity index (χ4n) is 2.15. The number of halogens is 4. The lowest BCUT2D eigenvalue weighted by atomic mass is 9.95. The van der Waals surface area contributed by atoms with Crippen LogP contribution in [0.4, 0.5) is 13.2 Å². The van der Waals surface area contributed by atoms with Crippen molar-refractivity contribution < 1.29 is 18.0 Å². The van der Waals surface area contributed by atoms with Crippen LogP contribution in [-0.2, 0) is 11.0 Å². The minimum atomic E-state index is -4.37. The van der Waals surface area contributed by atoms with Gasteiger partial charge in [-0.3, -0.25) is 4.79 Å². The molecule has 1 fully saturated rings. The fourth-order valence-corrected chi connectivity index (χ4v) is 2.66. The van der Waals surface area contributed by atoms with Crippen LogP contribution in [0.25, 0.3) is 0 Å². The average molecular weight is 307 g/mol. The third-order valence-corrected chi connectivity index (χ3v) is 3.41. The van der Waals surface area contributed by atoms with E-state index in [1.165, 1.54) is 0 Å². The molecule has 1 saturated carbocycles. The number of hydrogen-bond acceptors (Lipinski definition) is 1. The lowest BCUT2D eigenvalue weighted by Crippen LogP contribution is -2.09. The normalized spacial score (nSPS) is 20.9. The first-order valence-electron chi connectivity index (χ1n) is 5.28. The number of hydrogen-bond donors (Lipinski definition) is 0. The van der Waals surface area contributed by atoms with E-state index in [9.17, 15) is 18.0 Å². The Bertz CT molecular complexity index is 454. The van der Waals surface area contributed by atoms with Gasteiger partial charge in [-0.15, -0.1) is 0 Å². The maximum Gasteiger partial charge on any atom is 0.416 e. The van der Waals surface area contributed by atoms with Crippen LogP contribution in [0.5, 0.6) is 0 Å². The highest BCUT2D eigenvalue weighted by molar-refractivity contribution is 9.10. The van der Waals surface area contributed by atoms with Crippen molar-refractivity contribution >= 4 is 21.7 Å². The zero-order valence-electron chi connectivity index (χ0n) is 8.85. The van der Waals surface area contributed by atoms with Crippen molar-refractivity contribution in [3.63, 3.8) is 0 Å². The Balaban J connectivity index is 2.41. The molecule has 0 amide bonds. The van der Waals surface area contributed by atoms with E-state index in [4.69, 9.17) is 0 Å². The summed E-state index contributed by atoms with van der Waals surface area (Å²) in [6.07, 6.45) is -2.50. The molecule has 0 heterocycles. The number of alkyl halides is 3. The molecule has 0 aliphatic heterocycles. The summed E-state index contributed by atoms with van der Waals surface area (Å²) in [5, 5.41) is 0. The molecule has 0 aromatic heterocycles. The van der Waals surface area contributed by atoms with Gasteiger partial charge in [0.15, 0.2) is 0 Å². The van der Waals surface area contributed by atoms with E-state index < -0.39 is 11.7 Å². The first kappa shape index (κ1) is 12.6. The Hall–Kier alpha value is -0.840. The largest absolute Gasteiger partial charge is 0.416 e. The summed E-state index contributed by atoms with van der Waals surface area (Å²) in [5.74, 6) is -0.329. The van der Waals surface area contributed by atoms with E-state index in [2.05, 4.69) is 15.9 Å². The molecule has 17 heavy (non-hydrogen) atoms. The van der Waals surface area contributed by atoms with Gasteiger partial charge in [-0.2, -0.15) is 13.2 Å². The zero-order valence-corrected chi connectivity index (χ0v) is 10.4. The molecule has 1 aromatic carbocycles. The van der Waals surface area contributed by atoms with Crippen molar-refractivity contribution in [2.24, 2.45) is 0 Å². The van der Waals surface area contributed by atoms with Crippen LogP contribution in [0.1, 0.15) is 36.3 Å². The summed E-state index contributed by atoms with van der Waals surface area (Å²) in [6, 6.07) is 3.71. The second kappa shape index (κ2) is 4.44. The van der Waals surface area contributed by atoms with Crippen molar-refractivity contribution in [3.05, 3.63) is 33.8 Å². The van der Waals surface area contributed by atoms with Gasteiger partial charge in [-0.25, -0.2) is 0 Å². The standard InChI is InChI=1S/C12H10BrF3O/c13-9-5-7(10-2-1-3-11(10)17)4-8(6-9)12(14,15)16/h4-6,10H,1-3H2. The predicted octanol–water partition coefficient (Wildman–Crippen LogP) is 4.30. The molecule has 0 spiro atoms. The second-order valence-corrected chi connectivity index (χ2v) is 5.10. The topological polar surface area (TPSA) is 17.1 Å². The molecule has 2 rings (SSSR count). The molecule has 1 nitrogen and oxygen atoms in total. The van der Waals surface area contributed by atoms with Crippen molar-refractivity contribution in [2.75, 3.05) is 0 Å². The molecule has 1 unspecified atom stereocenters. The van der Waals surface area contributed by atoms with Crippen LogP contribution in [-0.4, -0.2) is 5.78 Å². The van der Waals surface area contributed by atoms with Gasteiger partial charge in [0.2, 0.25) is 0 Å². The third-order valence-electron chi connectivity index (χ3n) is 2.95. The Kier molecular flexibility index (Phi) is 3.30. The second-order valence-electron chi connectivity index (χ2n) is 4.18. The number of Topliss-reactive ketones (excluding diaryl/α,β-unsaturated/α-hetero) is 1. The molecule has 1 aromatic rings. The summed E-state index contributed by atoms with van der Waals surface area (Å²) >= 11 is 3.06. The number of ketones is 1. The van der Waals surface area contributed by atoms with Crippen LogP contribution in [0.3, 0.4) is 0 Å². The molecule has 0 N–H and O–H groups in total. The van der Waals surface area contributed by atoms with E-state index in [-0.39, 0.29) is 11.7 Å². The first-order chi connectivity index (χ1) is 7.88. The molecule has 92 valence electrons. The molecule has 0 bridgehead atoms. The van der Waals surface area contributed by atoms with Gasteiger partial charge in [-0.05, 0) is 36.6 Å². The van der Waals surface area contributed by atoms with Crippen molar-refractivity contribution in [3.8, 4) is 0 Å². The first-order valence-corrected chi connectivity index (χ1v) is 6.07. The quantitative estimate of drug-likeness (QED) is 0.756. The number of carbonyl (C=O) groups excluding carboxylic acids is 1. The summed E-state index contributed by atoms with van der Waals surface area (Å²) in [4.78, 5) is 11.6. The SMILES string of the molecule is O=C1CCCC1c1cc(Br)cc(C(F)(F)F)c1. The molecule has 0 saturated heterocycles. The smallest absolute Gasteiger partial charge is 0.299 e. The Morgan fingerprint density at radius 3 is 2.47 bits per heavy atom. The molecule has 1 aliphatic rings. The molecular weight excluding hydrogens is 297 g/mol. The zero-order chi connectivity index (χ0) is 12.6. The van der Waals surface area contributed by atoms with Gasteiger partial charge >= 0.3 is 6.18 Å². The highest BCUT2D eigenvalue weighted by Gasteiger charge is 2.33. The molecule has 0 radical (unpaired) electrons. The fraction of sp³-hybridized carbons (Fsp3) is 0.417. The van der Waals surface area contributed by atoms with Gasteiger partial charge in [0, 0.05) is 16.8 Å². The third kappa shape index (κ3) is 2.70. The lowest BCUT2D eigenvalue weighted by Gasteiger charge is -2.13. The average Bonchev–Trinajstić information content (AvgIpc) is 2.62. The molecule has 1 aliphatic carbocycles. The minimum Gasteiger partial charge on any atom is -0.299 e. The maximum absolute atomic E-state index is 12.6. The van der Waals surface area contributed by atoms with E-state index >= 15 is 0 Å². The highest BCUT2D eigenvalue weighted by Crippen LogP contribution is 2.37. The van der Waals surface area contributed by atoms with Crippen LogP contribution in [0.15, 0.2) is 22.7 Å². The van der Waals surface area contributed by atoms with Crippen LogP contribution >= 0.6 is 15.9 Å². The number of benzene rings is 1. The van der Waals surface area contributed by atoms with E-state index in [1.54, 1.807) is 6.07 Å². The Morgan fingerprint density at radius 2 is 1.94 bits per heavy atom. The number of carbonyl (C=O) groups is 1. The van der Waals surface area contributed by atoms with Crippen LogP contribution < -0.4 is 0 Å². The monoisotopic (exact) mass is 306 g/mol. The Labute approximate surface area is 105 Å². The molecule has 1 atom stereocenters. The summed E-state index contributed by atoms with van der Waals surface area (Å²) in [7, 11) is 0.